The molecule has 2 aromatic carbocycles. The Morgan fingerprint density at radius 1 is 1.15 bits per heavy atom. The number of sulfone groups is 1. The molecule has 2 N–H and O–H groups in total. The number of rotatable bonds is 8. The van der Waals surface area contributed by atoms with Gasteiger partial charge in [0.1, 0.15) is 12.4 Å². The van der Waals surface area contributed by atoms with Crippen molar-refractivity contribution in [3.05, 3.63) is 53.8 Å². The van der Waals surface area contributed by atoms with E-state index in [2.05, 4.69) is 21.6 Å². The van der Waals surface area contributed by atoms with E-state index in [0.29, 0.717) is 26.2 Å². The zero-order chi connectivity index (χ0) is 29.3. The van der Waals surface area contributed by atoms with Crippen LogP contribution in [-0.4, -0.2) is 77.3 Å². The van der Waals surface area contributed by atoms with Gasteiger partial charge in [0, 0.05) is 19.5 Å². The Bertz CT molecular complexity index is 1310. The maximum absolute atomic E-state index is 13.9. The molecule has 9 nitrogen and oxygen atoms in total. The van der Waals surface area contributed by atoms with Gasteiger partial charge in [0.15, 0.2) is 21.4 Å². The molecule has 0 bridgehead atoms. The summed E-state index contributed by atoms with van der Waals surface area (Å²) in [7, 11) is -2.51. The minimum Gasteiger partial charge on any atom is -0.494 e. The van der Waals surface area contributed by atoms with Crippen molar-refractivity contribution in [3.63, 3.8) is 0 Å². The minimum absolute atomic E-state index is 0.0435. The quantitative estimate of drug-likeness (QED) is 0.487. The number of benzene rings is 2. The van der Waals surface area contributed by atoms with Gasteiger partial charge < -0.3 is 25.0 Å². The predicted octanol–water partition coefficient (Wildman–Crippen LogP) is 3.12. The van der Waals surface area contributed by atoms with Crippen LogP contribution in [0.5, 0.6) is 11.5 Å². The summed E-state index contributed by atoms with van der Waals surface area (Å²) in [5.74, 6) is -0.609. The van der Waals surface area contributed by atoms with E-state index in [-0.39, 0.29) is 28.9 Å². The number of likely N-dealkylation sites (tertiary alicyclic amines) is 1. The molecule has 1 saturated heterocycles. The van der Waals surface area contributed by atoms with Crippen LogP contribution >= 0.6 is 0 Å². The topological polar surface area (TPSA) is 114 Å². The fourth-order valence-electron chi connectivity index (χ4n) is 5.57. The Morgan fingerprint density at radius 3 is 2.68 bits per heavy atom. The number of amides is 2. The van der Waals surface area contributed by atoms with Crippen LogP contribution in [0.1, 0.15) is 44.1 Å². The molecule has 0 atom stereocenters. The molecule has 2 aromatic rings. The lowest BCUT2D eigenvalue weighted by Gasteiger charge is -2.41. The van der Waals surface area contributed by atoms with Gasteiger partial charge in [-0.05, 0) is 75.0 Å². The molecular formula is C30H40FN3O6S. The van der Waals surface area contributed by atoms with E-state index in [1.807, 2.05) is 18.2 Å². The number of nitrogens with zero attached hydrogens (tertiary/aromatic N) is 1. The highest BCUT2D eigenvalue weighted by Gasteiger charge is 2.40. The molecule has 41 heavy (non-hydrogen) atoms. The average Bonchev–Trinajstić information content (AvgIpc) is 2.97. The Labute approximate surface area is 241 Å². The van der Waals surface area contributed by atoms with E-state index >= 15 is 0 Å². The smallest absolute Gasteiger partial charge is 0.226 e. The monoisotopic (exact) mass is 589 g/mol. The third kappa shape index (κ3) is 8.19. The van der Waals surface area contributed by atoms with E-state index in [9.17, 15) is 22.4 Å². The molecule has 0 saturated carbocycles. The maximum Gasteiger partial charge on any atom is 0.226 e. The Kier molecular flexibility index (Phi) is 10.6. The number of hydrogen-bond donors (Lipinski definition) is 2. The fourth-order valence-corrected chi connectivity index (χ4v) is 6.81. The maximum atomic E-state index is 13.9. The summed E-state index contributed by atoms with van der Waals surface area (Å²) in [6.45, 7) is 3.40. The van der Waals surface area contributed by atoms with Crippen molar-refractivity contribution >= 4 is 21.7 Å². The summed E-state index contributed by atoms with van der Waals surface area (Å²) < 4.78 is 49.7. The summed E-state index contributed by atoms with van der Waals surface area (Å²) >= 11 is 0. The first kappa shape index (κ1) is 30.8. The van der Waals surface area contributed by atoms with Crippen LogP contribution in [0.4, 0.5) is 4.39 Å². The predicted molar refractivity (Wildman–Crippen MR) is 153 cm³/mol. The number of carbonyl (C=O) groups is 2. The van der Waals surface area contributed by atoms with Crippen LogP contribution in [0.25, 0.3) is 0 Å². The molecule has 1 spiro atoms. The lowest BCUT2D eigenvalue weighted by molar-refractivity contribution is -0.134. The Hall–Kier alpha value is -3.18. The second-order valence-electron chi connectivity index (χ2n) is 10.8. The van der Waals surface area contributed by atoms with Gasteiger partial charge in [0.2, 0.25) is 11.8 Å². The Morgan fingerprint density at radius 2 is 1.93 bits per heavy atom. The third-order valence-corrected chi connectivity index (χ3v) is 9.81. The molecule has 2 aliphatic heterocycles. The molecule has 4 rings (SSSR count). The van der Waals surface area contributed by atoms with Gasteiger partial charge in [-0.25, -0.2) is 12.8 Å². The first-order valence-corrected chi connectivity index (χ1v) is 15.9. The molecular weight excluding hydrogens is 549 g/mol. The van der Waals surface area contributed by atoms with Crippen LogP contribution in [0.2, 0.25) is 0 Å². The van der Waals surface area contributed by atoms with E-state index < -0.39 is 26.8 Å². The van der Waals surface area contributed by atoms with E-state index in [4.69, 9.17) is 9.47 Å². The number of aryl methyl sites for hydroxylation is 1. The molecule has 0 radical (unpaired) electrons. The largest absolute Gasteiger partial charge is 0.494 e. The van der Waals surface area contributed by atoms with Gasteiger partial charge in [0.05, 0.1) is 29.7 Å². The fraction of sp³-hybridized carbons (Fsp3) is 0.533. The molecule has 1 fully saturated rings. The molecule has 2 heterocycles. The normalized spacial score (nSPS) is 18.2. The summed E-state index contributed by atoms with van der Waals surface area (Å²) in [5, 5.41) is 5.88. The number of ether oxygens (including phenoxy) is 2. The van der Waals surface area contributed by atoms with Gasteiger partial charge in [-0.2, -0.15) is 0 Å². The molecule has 224 valence electrons. The first-order chi connectivity index (χ1) is 19.7. The number of halogens is 1. The number of carbonyl (C=O) groups excluding carboxylic acids is 2. The molecule has 2 amide bonds. The molecule has 0 unspecified atom stereocenters. The van der Waals surface area contributed by atoms with E-state index in [0.717, 1.165) is 63.4 Å². The van der Waals surface area contributed by atoms with Crippen molar-refractivity contribution in [1.82, 2.24) is 15.5 Å². The summed E-state index contributed by atoms with van der Waals surface area (Å²) in [5.41, 5.74) is 0.811. The van der Waals surface area contributed by atoms with Gasteiger partial charge in [-0.1, -0.05) is 24.6 Å². The zero-order valence-electron chi connectivity index (χ0n) is 23.6. The number of para-hydroxylation sites is 1. The summed E-state index contributed by atoms with van der Waals surface area (Å²) in [6, 6.07) is 11.5. The highest BCUT2D eigenvalue weighted by molar-refractivity contribution is 7.91. The summed E-state index contributed by atoms with van der Waals surface area (Å²) in [4.78, 5) is 27.6. The second kappa shape index (κ2) is 14.1. The summed E-state index contributed by atoms with van der Waals surface area (Å²) in [6.07, 6.45) is 5.02. The van der Waals surface area contributed by atoms with Crippen molar-refractivity contribution in [2.24, 2.45) is 5.41 Å². The number of hydrogen-bond acceptors (Lipinski definition) is 7. The van der Waals surface area contributed by atoms with Crippen LogP contribution in [0, 0.1) is 11.2 Å². The van der Waals surface area contributed by atoms with E-state index in [1.165, 1.54) is 24.8 Å². The lowest BCUT2D eigenvalue weighted by Crippen LogP contribution is -2.50. The molecule has 11 heteroatoms. The van der Waals surface area contributed by atoms with Crippen molar-refractivity contribution in [2.45, 2.75) is 49.8 Å². The van der Waals surface area contributed by atoms with Crippen molar-refractivity contribution in [1.29, 1.82) is 0 Å². The van der Waals surface area contributed by atoms with E-state index in [1.54, 1.807) is 0 Å². The van der Waals surface area contributed by atoms with Gasteiger partial charge in [0.25, 0.3) is 0 Å². The number of methoxy groups -OCH3 is 1. The highest BCUT2D eigenvalue weighted by Crippen LogP contribution is 2.37. The van der Waals surface area contributed by atoms with Crippen LogP contribution < -0.4 is 20.1 Å². The number of piperidine rings is 1. The number of nitrogens with one attached hydrogen (secondary N) is 2. The van der Waals surface area contributed by atoms with Gasteiger partial charge in [-0.15, -0.1) is 0 Å². The SMILES string of the molecule is COc1ccc(S(=O)(=O)CCC(=O)NCCN2CCC3(CCCCc4ccccc4OCCNC3=O)CC2)cc1F. The van der Waals surface area contributed by atoms with Crippen molar-refractivity contribution in [2.75, 3.05) is 52.2 Å². The van der Waals surface area contributed by atoms with Crippen LogP contribution in [0.3, 0.4) is 0 Å². The molecule has 2 aliphatic rings. The number of fused-ring (bicyclic) bond motifs is 1. The third-order valence-electron chi connectivity index (χ3n) is 8.09. The minimum atomic E-state index is -3.81. The molecule has 0 aromatic heterocycles. The highest BCUT2D eigenvalue weighted by atomic mass is 32.2. The second-order valence-corrected chi connectivity index (χ2v) is 12.9. The van der Waals surface area contributed by atoms with Crippen LogP contribution in [-0.2, 0) is 25.8 Å². The van der Waals surface area contributed by atoms with Gasteiger partial charge >= 0.3 is 0 Å². The molecule has 0 aliphatic carbocycles. The lowest BCUT2D eigenvalue weighted by atomic mass is 9.73. The zero-order valence-corrected chi connectivity index (χ0v) is 24.4. The van der Waals surface area contributed by atoms with Gasteiger partial charge in [-0.3, -0.25) is 9.59 Å². The standard InChI is InChI=1S/C30H40FN3O6S/c1-39-27-10-9-24(22-25(27)31)41(37,38)21-11-28(35)32-15-19-34-17-13-30(14-18-34)12-5-4-7-23-6-2-3-8-26(23)40-20-16-33-29(30)36/h2-3,6,8-10,22H,4-5,7,11-21H2,1H3,(H,32,35)(H,33,36). The van der Waals surface area contributed by atoms with Crippen LogP contribution in [0.15, 0.2) is 47.4 Å². The van der Waals surface area contributed by atoms with Crippen molar-refractivity contribution in [3.8, 4) is 11.5 Å². The Balaban J connectivity index is 1.21. The average molecular weight is 590 g/mol. The first-order valence-electron chi connectivity index (χ1n) is 14.3. The van der Waals surface area contributed by atoms with Crippen molar-refractivity contribution < 1.29 is 31.9 Å².